The summed E-state index contributed by atoms with van der Waals surface area (Å²) in [4.78, 5) is 12.4. The number of fused-ring (bicyclic) bond motifs is 4. The molecule has 12 nitrogen and oxygen atoms in total. The van der Waals surface area contributed by atoms with E-state index in [0.717, 1.165) is 12.8 Å². The number of hydrogen-bond acceptors (Lipinski definition) is 12. The van der Waals surface area contributed by atoms with Crippen LogP contribution in [0.15, 0.2) is 18.2 Å². The van der Waals surface area contributed by atoms with Gasteiger partial charge in [0.2, 0.25) is 0 Å². The van der Waals surface area contributed by atoms with Crippen LogP contribution in [0.2, 0.25) is 0 Å². The van der Waals surface area contributed by atoms with Crippen LogP contribution in [0.4, 0.5) is 0 Å². The highest BCUT2D eigenvalue weighted by Gasteiger charge is 2.43. The summed E-state index contributed by atoms with van der Waals surface area (Å²) in [7, 11) is 0. The van der Waals surface area contributed by atoms with E-state index in [0.29, 0.717) is 104 Å². The van der Waals surface area contributed by atoms with Gasteiger partial charge in [-0.1, -0.05) is 32.3 Å². The van der Waals surface area contributed by atoms with Crippen LogP contribution in [0.5, 0.6) is 5.75 Å². The molecule has 3 atom stereocenters. The molecule has 2 aliphatic rings. The Morgan fingerprint density at radius 1 is 0.739 bits per heavy atom. The molecule has 12 heteroatoms. The zero-order valence-corrected chi connectivity index (χ0v) is 27.8. The van der Waals surface area contributed by atoms with Gasteiger partial charge < -0.3 is 53.5 Å². The monoisotopic (exact) mass is 655 g/mol. The Bertz CT molecular complexity index is 952. The minimum Gasteiger partial charge on any atom is -0.425 e. The third-order valence-electron chi connectivity index (χ3n) is 8.48. The van der Waals surface area contributed by atoms with E-state index in [4.69, 9.17) is 53.5 Å². The summed E-state index contributed by atoms with van der Waals surface area (Å²) in [5.41, 5.74) is 9.26. The summed E-state index contributed by atoms with van der Waals surface area (Å²) >= 11 is 0. The highest BCUT2D eigenvalue weighted by molar-refractivity contribution is 5.73. The first-order chi connectivity index (χ1) is 22.5. The summed E-state index contributed by atoms with van der Waals surface area (Å²) in [5, 5.41) is 8.59. The molecule has 3 N–H and O–H groups in total. The molecule has 0 unspecified atom stereocenters. The molecule has 2 aliphatic carbocycles. The van der Waals surface area contributed by atoms with Gasteiger partial charge in [0.05, 0.1) is 106 Å². The maximum Gasteiger partial charge on any atom is 0.337 e. The molecule has 1 aromatic rings. The van der Waals surface area contributed by atoms with E-state index in [-0.39, 0.29) is 31.3 Å². The number of rotatable bonds is 26. The van der Waals surface area contributed by atoms with E-state index in [1.165, 1.54) is 36.8 Å². The number of carbonyl (C=O) groups is 1. The average Bonchev–Trinajstić information content (AvgIpc) is 3.05. The molecule has 3 rings (SSSR count). The number of nitrogens with two attached hydrogens (primary N) is 1. The molecule has 0 saturated heterocycles. The Morgan fingerprint density at radius 2 is 1.24 bits per heavy atom. The minimum atomic E-state index is -0.429. The summed E-state index contributed by atoms with van der Waals surface area (Å²) in [6, 6.07) is 6.14. The average molecular weight is 656 g/mol. The fourth-order valence-electron chi connectivity index (χ4n) is 6.02. The van der Waals surface area contributed by atoms with Crippen LogP contribution in [0, 0.1) is 5.92 Å². The summed E-state index contributed by atoms with van der Waals surface area (Å²) in [6.45, 7) is 8.84. The molecule has 1 aromatic carbocycles. The molecule has 46 heavy (non-hydrogen) atoms. The van der Waals surface area contributed by atoms with E-state index in [1.807, 2.05) is 12.1 Å². The normalized spacial score (nSPS) is 21.0. The van der Waals surface area contributed by atoms with Gasteiger partial charge >= 0.3 is 5.97 Å². The van der Waals surface area contributed by atoms with Crippen molar-refractivity contribution in [3.05, 3.63) is 29.3 Å². The molecule has 1 fully saturated rings. The summed E-state index contributed by atoms with van der Waals surface area (Å²) in [5.74, 6) is 0.638. The fraction of sp³-hybridized carbons (Fsp3) is 0.794. The molecular weight excluding hydrogens is 598 g/mol. The molecule has 2 bridgehead atoms. The van der Waals surface area contributed by atoms with Gasteiger partial charge in [-0.3, -0.25) is 0 Å². The smallest absolute Gasteiger partial charge is 0.337 e. The number of hydrogen-bond donors (Lipinski definition) is 2. The fourth-order valence-corrected chi connectivity index (χ4v) is 6.02. The quantitative estimate of drug-likeness (QED) is 0.0859. The number of carbonyl (C=O) groups excluding carboxylic acids is 1. The Hall–Kier alpha value is -1.71. The third-order valence-corrected chi connectivity index (χ3v) is 8.48. The first kappa shape index (κ1) is 38.7. The van der Waals surface area contributed by atoms with Crippen molar-refractivity contribution in [2.24, 2.45) is 11.7 Å². The van der Waals surface area contributed by atoms with Gasteiger partial charge in [-0.05, 0) is 48.4 Å². The molecule has 264 valence electrons. The number of aliphatic hydroxyl groups excluding tert-OH is 1. The van der Waals surface area contributed by atoms with Crippen LogP contribution in [0.1, 0.15) is 50.2 Å². The molecule has 0 aliphatic heterocycles. The highest BCUT2D eigenvalue weighted by Crippen LogP contribution is 2.46. The number of aliphatic hydroxyl groups is 1. The molecule has 0 radical (unpaired) electrons. The van der Waals surface area contributed by atoms with Crippen LogP contribution in [0.25, 0.3) is 0 Å². The molecule has 0 amide bonds. The predicted octanol–water partition coefficient (Wildman–Crippen LogP) is 2.44. The van der Waals surface area contributed by atoms with Gasteiger partial charge in [0.25, 0.3) is 0 Å². The first-order valence-corrected chi connectivity index (χ1v) is 16.9. The number of esters is 1. The lowest BCUT2D eigenvalue weighted by atomic mass is 9.60. The van der Waals surface area contributed by atoms with E-state index in [9.17, 15) is 4.79 Å². The molecular formula is C34H57NO11. The zero-order chi connectivity index (χ0) is 32.7. The van der Waals surface area contributed by atoms with Crippen LogP contribution in [0.3, 0.4) is 0 Å². The highest BCUT2D eigenvalue weighted by atomic mass is 16.6. The van der Waals surface area contributed by atoms with Crippen molar-refractivity contribution in [3.63, 3.8) is 0 Å². The van der Waals surface area contributed by atoms with E-state index < -0.39 is 5.97 Å². The van der Waals surface area contributed by atoms with Gasteiger partial charge in [-0.25, -0.2) is 4.79 Å². The largest absolute Gasteiger partial charge is 0.425 e. The van der Waals surface area contributed by atoms with Gasteiger partial charge in [-0.15, -0.1) is 0 Å². The maximum atomic E-state index is 12.4. The van der Waals surface area contributed by atoms with Crippen molar-refractivity contribution in [1.82, 2.24) is 0 Å². The second-order valence-corrected chi connectivity index (χ2v) is 11.9. The Labute approximate surface area is 274 Å². The van der Waals surface area contributed by atoms with Crippen molar-refractivity contribution >= 4 is 5.97 Å². The van der Waals surface area contributed by atoms with Gasteiger partial charge in [0.15, 0.2) is 0 Å². The van der Waals surface area contributed by atoms with E-state index in [2.05, 4.69) is 13.0 Å². The van der Waals surface area contributed by atoms with Crippen LogP contribution >= 0.6 is 0 Å². The van der Waals surface area contributed by atoms with Gasteiger partial charge in [0.1, 0.15) is 12.4 Å². The topological polar surface area (TPSA) is 146 Å². The van der Waals surface area contributed by atoms with Crippen molar-refractivity contribution in [2.45, 2.75) is 56.9 Å². The standard InChI is InChI=1S/C34H57NO11/c1-34-8-4-2-3-5-29(33(34)35)25-28-6-7-30(26-31(28)34)46-32(37)27-45-24-23-44-22-21-43-20-19-42-18-17-41-16-15-40-14-13-39-12-11-38-10-9-36/h6-7,26,29,33,36H,2-5,8-25,27,35H2,1H3/t29-,33-,34+/m0/s1. The first-order valence-electron chi connectivity index (χ1n) is 16.9. The minimum absolute atomic E-state index is 0.0205. The van der Waals surface area contributed by atoms with Crippen LogP contribution < -0.4 is 10.5 Å². The van der Waals surface area contributed by atoms with Crippen LogP contribution in [-0.2, 0) is 54.5 Å². The van der Waals surface area contributed by atoms with Crippen molar-refractivity contribution in [1.29, 1.82) is 0 Å². The lowest BCUT2D eigenvalue weighted by Gasteiger charge is -2.47. The predicted molar refractivity (Wildman–Crippen MR) is 171 cm³/mol. The summed E-state index contributed by atoms with van der Waals surface area (Å²) < 4.78 is 48.8. The second-order valence-electron chi connectivity index (χ2n) is 11.9. The van der Waals surface area contributed by atoms with Gasteiger partial charge in [0, 0.05) is 11.5 Å². The molecule has 0 spiro atoms. The van der Waals surface area contributed by atoms with Crippen LogP contribution in [-0.4, -0.2) is 129 Å². The Morgan fingerprint density at radius 3 is 1.76 bits per heavy atom. The zero-order valence-electron chi connectivity index (χ0n) is 27.8. The lowest BCUT2D eigenvalue weighted by molar-refractivity contribution is -0.140. The Balaban J connectivity index is 1.09. The molecule has 0 heterocycles. The van der Waals surface area contributed by atoms with E-state index >= 15 is 0 Å². The molecule has 1 saturated carbocycles. The summed E-state index contributed by atoms with van der Waals surface area (Å²) in [6.07, 6.45) is 6.94. The van der Waals surface area contributed by atoms with Crippen molar-refractivity contribution in [2.75, 3.05) is 112 Å². The third kappa shape index (κ3) is 14.6. The van der Waals surface area contributed by atoms with E-state index in [1.54, 1.807) is 0 Å². The van der Waals surface area contributed by atoms with Crippen molar-refractivity contribution in [3.8, 4) is 5.75 Å². The SMILES string of the molecule is C[C@@]12CCCCC[C@@H](Cc3ccc(OC(=O)COCCOCCOCCOCCOCCOCCOCCOCCO)cc31)[C@@H]2N. The lowest BCUT2D eigenvalue weighted by Crippen LogP contribution is -2.52. The Kier molecular flexibility index (Phi) is 19.9. The number of ether oxygens (including phenoxy) is 9. The number of benzene rings is 1. The maximum absolute atomic E-state index is 12.4. The second kappa shape index (κ2) is 23.6. The van der Waals surface area contributed by atoms with Gasteiger partial charge in [-0.2, -0.15) is 0 Å². The molecule has 0 aromatic heterocycles. The van der Waals surface area contributed by atoms with Crippen molar-refractivity contribution < 1.29 is 52.5 Å².